The minimum Gasteiger partial charge on any atom is -0.410 e. The van der Waals surface area contributed by atoms with Crippen LogP contribution in [0.15, 0.2) is 24.3 Å². The zero-order valence-corrected chi connectivity index (χ0v) is 27.3. The third kappa shape index (κ3) is 5.79. The van der Waals surface area contributed by atoms with Gasteiger partial charge in [0.1, 0.15) is 6.10 Å². The maximum Gasteiger partial charge on any atom is 0.416 e. The molecule has 0 bridgehead atoms. The summed E-state index contributed by atoms with van der Waals surface area (Å²) in [7, 11) is -2.13. The minimum atomic E-state index is -4.43. The highest BCUT2D eigenvalue weighted by Crippen LogP contribution is 2.57. The van der Waals surface area contributed by atoms with Gasteiger partial charge in [0.2, 0.25) is 0 Å². The smallest absolute Gasteiger partial charge is 0.410 e. The molecule has 1 aromatic heterocycles. The second-order valence-electron chi connectivity index (χ2n) is 13.6. The highest BCUT2D eigenvalue weighted by molar-refractivity contribution is 14.1. The Kier molecular flexibility index (Phi) is 8.31. The van der Waals surface area contributed by atoms with Crippen molar-refractivity contribution in [3.8, 4) is 0 Å². The lowest BCUT2D eigenvalue weighted by atomic mass is 9.59. The van der Waals surface area contributed by atoms with Gasteiger partial charge in [-0.25, -0.2) is 0 Å². The summed E-state index contributed by atoms with van der Waals surface area (Å²) in [6.45, 7) is 12.6. The van der Waals surface area contributed by atoms with Crippen molar-refractivity contribution in [2.45, 2.75) is 108 Å². The molecule has 1 saturated carbocycles. The number of aliphatic hydroxyl groups excluding tert-OH is 1. The third-order valence-corrected chi connectivity index (χ3v) is 15.5. The summed E-state index contributed by atoms with van der Waals surface area (Å²) < 4.78 is 53.5. The van der Waals surface area contributed by atoms with Crippen LogP contribution in [-0.4, -0.2) is 31.6 Å². The van der Waals surface area contributed by atoms with E-state index in [0.717, 1.165) is 63.9 Å². The predicted octanol–water partition coefficient (Wildman–Crippen LogP) is 8.86. The summed E-state index contributed by atoms with van der Waals surface area (Å²) >= 11 is 2.36. The largest absolute Gasteiger partial charge is 0.416 e. The third-order valence-electron chi connectivity index (χ3n) is 9.89. The Morgan fingerprint density at radius 3 is 2.25 bits per heavy atom. The summed E-state index contributed by atoms with van der Waals surface area (Å²) in [6.07, 6.45) is 1.48. The van der Waals surface area contributed by atoms with E-state index in [1.807, 2.05) is 0 Å². The molecule has 1 spiro atoms. The first-order valence-electron chi connectivity index (χ1n) is 14.4. The molecule has 2 fully saturated rings. The number of aromatic nitrogens is 1. The van der Waals surface area contributed by atoms with Crippen LogP contribution in [-0.2, 0) is 21.8 Å². The zero-order chi connectivity index (χ0) is 29.1. The van der Waals surface area contributed by atoms with Gasteiger partial charge < -0.3 is 14.3 Å². The van der Waals surface area contributed by atoms with Crippen molar-refractivity contribution in [2.24, 2.45) is 5.41 Å². The molecule has 40 heavy (non-hydrogen) atoms. The first-order valence-corrected chi connectivity index (χ1v) is 18.4. The summed E-state index contributed by atoms with van der Waals surface area (Å²) in [4.78, 5) is 5.36. The van der Waals surface area contributed by atoms with E-state index in [9.17, 15) is 18.3 Å². The van der Waals surface area contributed by atoms with E-state index in [-0.39, 0.29) is 22.5 Å². The quantitative estimate of drug-likeness (QED) is 0.252. The Morgan fingerprint density at radius 1 is 1.10 bits per heavy atom. The second kappa shape index (κ2) is 10.9. The number of halogens is 4. The number of hydrogen-bond acceptors (Lipinski definition) is 4. The van der Waals surface area contributed by atoms with E-state index in [2.05, 4.69) is 56.5 Å². The molecule has 9 heteroatoms. The monoisotopic (exact) mass is 687 g/mol. The molecule has 1 aliphatic heterocycles. The molecule has 2 aliphatic carbocycles. The van der Waals surface area contributed by atoms with Gasteiger partial charge in [0.25, 0.3) is 0 Å². The molecule has 1 saturated heterocycles. The molecule has 0 amide bonds. The number of rotatable bonds is 5. The number of aliphatic hydroxyl groups is 1. The normalized spacial score (nSPS) is 22.6. The van der Waals surface area contributed by atoms with E-state index in [1.165, 1.54) is 31.4 Å². The molecule has 4 nitrogen and oxygen atoms in total. The molecule has 0 radical (unpaired) electrons. The van der Waals surface area contributed by atoms with Gasteiger partial charge in [-0.05, 0) is 102 Å². The molecule has 1 unspecified atom stereocenters. The van der Waals surface area contributed by atoms with Crippen molar-refractivity contribution in [1.82, 2.24) is 4.98 Å². The molecule has 3 aliphatic rings. The van der Waals surface area contributed by atoms with Crippen LogP contribution in [0, 0.1) is 8.99 Å². The summed E-state index contributed by atoms with van der Waals surface area (Å²) in [5.74, 6) is 0.130. The van der Waals surface area contributed by atoms with E-state index in [1.54, 1.807) is 0 Å². The molecule has 1 N–H and O–H groups in total. The Bertz CT molecular complexity index is 1230. The fourth-order valence-electron chi connectivity index (χ4n) is 6.29. The van der Waals surface area contributed by atoms with Crippen molar-refractivity contribution in [3.63, 3.8) is 0 Å². The minimum absolute atomic E-state index is 0.0425. The fraction of sp³-hybridized carbons (Fsp3) is 0.645. The van der Waals surface area contributed by atoms with Crippen LogP contribution in [0.1, 0.15) is 111 Å². The van der Waals surface area contributed by atoms with Gasteiger partial charge in [-0.1, -0.05) is 39.3 Å². The van der Waals surface area contributed by atoms with E-state index in [0.29, 0.717) is 18.8 Å². The van der Waals surface area contributed by atoms with Gasteiger partial charge in [0.05, 0.1) is 17.4 Å². The molecule has 5 rings (SSSR count). The van der Waals surface area contributed by atoms with Crippen LogP contribution in [0.25, 0.3) is 0 Å². The molecular formula is C31H41F3INO3Si. The first kappa shape index (κ1) is 30.4. The van der Waals surface area contributed by atoms with Crippen molar-refractivity contribution in [3.05, 3.63) is 61.5 Å². The SMILES string of the molecule is CC(C)(C)[Si](C)(C)O[C@@H]1CC2(CCC2)Cc2nc(C3CCOCC3)c(C(O)c3ccc(C(F)(F)F)cc3)c(I)c21. The highest BCUT2D eigenvalue weighted by atomic mass is 127. The van der Waals surface area contributed by atoms with Crippen molar-refractivity contribution < 1.29 is 27.4 Å². The van der Waals surface area contributed by atoms with E-state index < -0.39 is 26.2 Å². The standard InChI is InChI=1S/C31H41F3INO3Si/c1-29(2,3)40(4,5)39-23-18-30(13-6-14-30)17-22-24(23)26(35)25(27(36-22)19-11-15-38-16-12-19)28(37)20-7-9-21(10-8-20)31(32,33)34/h7-10,19,23,28,37H,6,11-18H2,1-5H3/t23-,28?/m1/s1. The van der Waals surface area contributed by atoms with E-state index >= 15 is 0 Å². The second-order valence-corrected chi connectivity index (χ2v) is 19.4. The molecule has 1 aromatic carbocycles. The number of pyridine rings is 1. The van der Waals surface area contributed by atoms with Crippen LogP contribution in [0.3, 0.4) is 0 Å². The Hall–Kier alpha value is -1.01. The first-order chi connectivity index (χ1) is 18.6. The van der Waals surface area contributed by atoms with Crippen LogP contribution >= 0.6 is 22.6 Å². The molecule has 2 atom stereocenters. The Morgan fingerprint density at radius 2 is 1.73 bits per heavy atom. The average Bonchev–Trinajstić information content (AvgIpc) is 2.86. The predicted molar refractivity (Wildman–Crippen MR) is 161 cm³/mol. The summed E-state index contributed by atoms with van der Waals surface area (Å²) in [6, 6.07) is 4.89. The van der Waals surface area contributed by atoms with Crippen molar-refractivity contribution in [1.29, 1.82) is 0 Å². The van der Waals surface area contributed by atoms with Crippen LogP contribution in [0.5, 0.6) is 0 Å². The van der Waals surface area contributed by atoms with Gasteiger partial charge in [-0.3, -0.25) is 4.98 Å². The summed E-state index contributed by atoms with van der Waals surface area (Å²) in [5, 5.41) is 11.8. The maximum absolute atomic E-state index is 13.3. The van der Waals surface area contributed by atoms with Crippen LogP contribution in [0.4, 0.5) is 13.2 Å². The number of alkyl halides is 3. The van der Waals surface area contributed by atoms with Crippen LogP contribution in [0.2, 0.25) is 18.1 Å². The van der Waals surface area contributed by atoms with Gasteiger partial charge >= 0.3 is 6.18 Å². The number of benzene rings is 1. The molecule has 2 heterocycles. The zero-order valence-electron chi connectivity index (χ0n) is 24.1. The fourth-order valence-corrected chi connectivity index (χ4v) is 8.78. The Labute approximate surface area is 250 Å². The lowest BCUT2D eigenvalue weighted by Crippen LogP contribution is -2.46. The lowest BCUT2D eigenvalue weighted by molar-refractivity contribution is -0.137. The van der Waals surface area contributed by atoms with Gasteiger partial charge in [-0.15, -0.1) is 0 Å². The van der Waals surface area contributed by atoms with Gasteiger partial charge in [0.15, 0.2) is 8.32 Å². The molecule has 220 valence electrons. The van der Waals surface area contributed by atoms with Gasteiger partial charge in [0, 0.05) is 39.5 Å². The summed E-state index contributed by atoms with van der Waals surface area (Å²) in [5.41, 5.74) is 3.70. The molecular weight excluding hydrogens is 646 g/mol. The van der Waals surface area contributed by atoms with Crippen molar-refractivity contribution >= 4 is 30.9 Å². The number of fused-ring (bicyclic) bond motifs is 1. The van der Waals surface area contributed by atoms with Crippen molar-refractivity contribution in [2.75, 3.05) is 13.2 Å². The molecule has 2 aromatic rings. The van der Waals surface area contributed by atoms with E-state index in [4.69, 9.17) is 14.1 Å². The number of nitrogens with zero attached hydrogens (tertiary/aromatic N) is 1. The maximum atomic E-state index is 13.3. The number of hydrogen-bond donors (Lipinski definition) is 1. The number of ether oxygens (including phenoxy) is 1. The van der Waals surface area contributed by atoms with Gasteiger partial charge in [-0.2, -0.15) is 13.2 Å². The Balaban J connectivity index is 1.64. The lowest BCUT2D eigenvalue weighted by Gasteiger charge is -2.50. The highest BCUT2D eigenvalue weighted by Gasteiger charge is 2.49. The van der Waals surface area contributed by atoms with Crippen LogP contribution < -0.4 is 0 Å². The topological polar surface area (TPSA) is 51.6 Å². The average molecular weight is 688 g/mol.